The Labute approximate surface area is 127 Å². The van der Waals surface area contributed by atoms with Gasteiger partial charge in [0.25, 0.3) is 0 Å². The number of hydrogen-bond acceptors (Lipinski definition) is 3. The van der Waals surface area contributed by atoms with Crippen LogP contribution < -0.4 is 15.4 Å². The van der Waals surface area contributed by atoms with E-state index >= 15 is 0 Å². The lowest BCUT2D eigenvalue weighted by Crippen LogP contribution is -2.41. The summed E-state index contributed by atoms with van der Waals surface area (Å²) in [5.74, 6) is 1.69. The number of rotatable bonds is 8. The number of methoxy groups -OCH3 is 1. The van der Waals surface area contributed by atoms with Crippen molar-refractivity contribution in [3.8, 4) is 5.75 Å². The van der Waals surface area contributed by atoms with Gasteiger partial charge in [-0.25, -0.2) is 0 Å². The van der Waals surface area contributed by atoms with Crippen LogP contribution in [-0.4, -0.2) is 32.1 Å². The van der Waals surface area contributed by atoms with Crippen molar-refractivity contribution in [2.45, 2.75) is 44.6 Å². The van der Waals surface area contributed by atoms with Crippen molar-refractivity contribution in [1.82, 2.24) is 10.6 Å². The lowest BCUT2D eigenvalue weighted by atomic mass is 9.76. The molecule has 1 fully saturated rings. The summed E-state index contributed by atoms with van der Waals surface area (Å²) in [6.45, 7) is 3.61. The van der Waals surface area contributed by atoms with Gasteiger partial charge >= 0.3 is 0 Å². The summed E-state index contributed by atoms with van der Waals surface area (Å²) >= 11 is 0. The standard InChI is InChI=1S/C17H26N2O2/c1-3-8-19-17(20)7-9-18-15-10-14(11-15)13-5-4-6-16(12-13)21-2/h4-6,12,14-15,18H,3,7-11H2,1-2H3,(H,19,20). The van der Waals surface area contributed by atoms with Gasteiger partial charge in [0, 0.05) is 25.6 Å². The third kappa shape index (κ3) is 4.74. The zero-order valence-corrected chi connectivity index (χ0v) is 13.0. The molecule has 2 N–H and O–H groups in total. The van der Waals surface area contributed by atoms with Gasteiger partial charge in [0.15, 0.2) is 0 Å². The highest BCUT2D eigenvalue weighted by atomic mass is 16.5. The first-order chi connectivity index (χ1) is 10.2. The van der Waals surface area contributed by atoms with Crippen molar-refractivity contribution in [1.29, 1.82) is 0 Å². The summed E-state index contributed by atoms with van der Waals surface area (Å²) in [6.07, 6.45) is 3.85. The van der Waals surface area contributed by atoms with Crippen LogP contribution in [0.15, 0.2) is 24.3 Å². The normalized spacial score (nSPS) is 20.7. The smallest absolute Gasteiger partial charge is 0.221 e. The fourth-order valence-corrected chi connectivity index (χ4v) is 2.69. The second-order valence-corrected chi connectivity index (χ2v) is 5.70. The van der Waals surface area contributed by atoms with Crippen LogP contribution in [0.1, 0.15) is 44.1 Å². The minimum Gasteiger partial charge on any atom is -0.497 e. The van der Waals surface area contributed by atoms with Gasteiger partial charge in [0.1, 0.15) is 5.75 Å². The van der Waals surface area contributed by atoms with Crippen LogP contribution in [0.5, 0.6) is 5.75 Å². The molecule has 1 saturated carbocycles. The molecule has 0 aliphatic heterocycles. The molecular weight excluding hydrogens is 264 g/mol. The summed E-state index contributed by atoms with van der Waals surface area (Å²) in [5.41, 5.74) is 1.35. The number of ether oxygens (including phenoxy) is 1. The zero-order chi connectivity index (χ0) is 15.1. The molecule has 116 valence electrons. The third-order valence-corrected chi connectivity index (χ3v) is 4.06. The van der Waals surface area contributed by atoms with Gasteiger partial charge in [-0.1, -0.05) is 19.1 Å². The first-order valence-electron chi connectivity index (χ1n) is 7.87. The molecule has 0 saturated heterocycles. The van der Waals surface area contributed by atoms with E-state index in [4.69, 9.17) is 4.74 Å². The van der Waals surface area contributed by atoms with Crippen LogP contribution in [0.2, 0.25) is 0 Å². The number of nitrogens with one attached hydrogen (secondary N) is 2. The van der Waals surface area contributed by atoms with Crippen molar-refractivity contribution >= 4 is 5.91 Å². The maximum atomic E-state index is 11.5. The lowest BCUT2D eigenvalue weighted by molar-refractivity contribution is -0.121. The molecule has 1 aromatic rings. The van der Waals surface area contributed by atoms with Crippen molar-refractivity contribution in [2.24, 2.45) is 0 Å². The second kappa shape index (κ2) is 8.03. The Kier molecular flexibility index (Phi) is 6.05. The maximum Gasteiger partial charge on any atom is 0.221 e. The summed E-state index contributed by atoms with van der Waals surface area (Å²) < 4.78 is 5.26. The number of carbonyl (C=O) groups excluding carboxylic acids is 1. The van der Waals surface area contributed by atoms with Gasteiger partial charge in [0.05, 0.1) is 7.11 Å². The lowest BCUT2D eigenvalue weighted by Gasteiger charge is -2.36. The van der Waals surface area contributed by atoms with E-state index < -0.39 is 0 Å². The van der Waals surface area contributed by atoms with E-state index in [1.165, 1.54) is 5.56 Å². The van der Waals surface area contributed by atoms with Gasteiger partial charge in [-0.15, -0.1) is 0 Å². The molecule has 21 heavy (non-hydrogen) atoms. The highest BCUT2D eigenvalue weighted by Gasteiger charge is 2.29. The molecule has 1 aromatic carbocycles. The Morgan fingerprint density at radius 1 is 1.33 bits per heavy atom. The van der Waals surface area contributed by atoms with Crippen LogP contribution >= 0.6 is 0 Å². The average molecular weight is 290 g/mol. The third-order valence-electron chi connectivity index (χ3n) is 4.06. The number of benzene rings is 1. The Hall–Kier alpha value is -1.55. The van der Waals surface area contributed by atoms with E-state index in [0.29, 0.717) is 18.4 Å². The molecule has 0 radical (unpaired) electrons. The van der Waals surface area contributed by atoms with E-state index in [1.807, 2.05) is 12.1 Å². The van der Waals surface area contributed by atoms with Crippen molar-refractivity contribution < 1.29 is 9.53 Å². The minimum absolute atomic E-state index is 0.146. The van der Waals surface area contributed by atoms with Crippen LogP contribution in [-0.2, 0) is 4.79 Å². The number of carbonyl (C=O) groups is 1. The molecule has 4 heteroatoms. The molecule has 0 bridgehead atoms. The zero-order valence-electron chi connectivity index (χ0n) is 13.0. The van der Waals surface area contributed by atoms with E-state index in [0.717, 1.165) is 38.1 Å². The largest absolute Gasteiger partial charge is 0.497 e. The Balaban J connectivity index is 1.64. The SMILES string of the molecule is CCCNC(=O)CCNC1CC(c2cccc(OC)c2)C1. The quantitative estimate of drug-likeness (QED) is 0.773. The molecule has 2 rings (SSSR count). The predicted molar refractivity (Wildman–Crippen MR) is 84.7 cm³/mol. The van der Waals surface area contributed by atoms with Crippen LogP contribution in [0.3, 0.4) is 0 Å². The molecular formula is C17H26N2O2. The van der Waals surface area contributed by atoms with Gasteiger partial charge < -0.3 is 15.4 Å². The molecule has 4 nitrogen and oxygen atoms in total. The summed E-state index contributed by atoms with van der Waals surface area (Å²) in [7, 11) is 1.70. The van der Waals surface area contributed by atoms with Crippen LogP contribution in [0.25, 0.3) is 0 Å². The van der Waals surface area contributed by atoms with E-state index in [-0.39, 0.29) is 5.91 Å². The van der Waals surface area contributed by atoms with E-state index in [2.05, 4.69) is 29.7 Å². The fourth-order valence-electron chi connectivity index (χ4n) is 2.69. The van der Waals surface area contributed by atoms with Gasteiger partial charge in [-0.3, -0.25) is 4.79 Å². The molecule has 0 unspecified atom stereocenters. The Morgan fingerprint density at radius 2 is 2.14 bits per heavy atom. The van der Waals surface area contributed by atoms with Gasteiger partial charge in [-0.2, -0.15) is 0 Å². The van der Waals surface area contributed by atoms with Gasteiger partial charge in [0.2, 0.25) is 5.91 Å². The number of amides is 1. The topological polar surface area (TPSA) is 50.4 Å². The van der Waals surface area contributed by atoms with Crippen molar-refractivity contribution in [2.75, 3.05) is 20.2 Å². The second-order valence-electron chi connectivity index (χ2n) is 5.70. The maximum absolute atomic E-state index is 11.5. The fraction of sp³-hybridized carbons (Fsp3) is 0.588. The summed E-state index contributed by atoms with van der Waals surface area (Å²) in [5, 5.41) is 6.36. The highest BCUT2D eigenvalue weighted by Crippen LogP contribution is 2.37. The molecule has 0 heterocycles. The average Bonchev–Trinajstić information content (AvgIpc) is 2.47. The minimum atomic E-state index is 0.146. The molecule has 1 aliphatic carbocycles. The van der Waals surface area contributed by atoms with E-state index in [9.17, 15) is 4.79 Å². The molecule has 1 amide bonds. The predicted octanol–water partition coefficient (Wildman–Crippen LogP) is 2.45. The molecule has 0 atom stereocenters. The summed E-state index contributed by atoms with van der Waals surface area (Å²) in [4.78, 5) is 11.5. The summed E-state index contributed by atoms with van der Waals surface area (Å²) in [6, 6.07) is 8.86. The monoisotopic (exact) mass is 290 g/mol. The van der Waals surface area contributed by atoms with Crippen molar-refractivity contribution in [3.05, 3.63) is 29.8 Å². The van der Waals surface area contributed by atoms with Crippen LogP contribution in [0, 0.1) is 0 Å². The molecule has 0 aromatic heterocycles. The first kappa shape index (κ1) is 15.8. The van der Waals surface area contributed by atoms with Crippen molar-refractivity contribution in [3.63, 3.8) is 0 Å². The Morgan fingerprint density at radius 3 is 2.86 bits per heavy atom. The first-order valence-corrected chi connectivity index (χ1v) is 7.87. The Bertz CT molecular complexity index is 456. The van der Waals surface area contributed by atoms with Gasteiger partial charge in [-0.05, 0) is 42.9 Å². The van der Waals surface area contributed by atoms with Crippen LogP contribution in [0.4, 0.5) is 0 Å². The molecule has 1 aliphatic rings. The highest BCUT2D eigenvalue weighted by molar-refractivity contribution is 5.75. The number of hydrogen-bond donors (Lipinski definition) is 2. The van der Waals surface area contributed by atoms with E-state index in [1.54, 1.807) is 7.11 Å². The molecule has 0 spiro atoms.